The lowest BCUT2D eigenvalue weighted by Crippen LogP contribution is -2.30. The highest BCUT2D eigenvalue weighted by atomic mass is 32.1. The molecule has 21 heavy (non-hydrogen) atoms. The molecule has 114 valence electrons. The van der Waals surface area contributed by atoms with Gasteiger partial charge in [-0.3, -0.25) is 4.79 Å². The number of hydrogen-bond donors (Lipinski definition) is 1. The minimum atomic E-state index is -0.114. The van der Waals surface area contributed by atoms with Crippen LogP contribution >= 0.6 is 11.3 Å². The standard InChI is InChI=1S/C15H20N2O3S/c1-9-5-6-14(21-9)13(19-4)8-16-15(18)7-12-10(2)17-20-11(12)3/h5-6,13H,7-8H2,1-4H3,(H,16,18). The van der Waals surface area contributed by atoms with Crippen molar-refractivity contribution in [3.05, 3.63) is 38.9 Å². The van der Waals surface area contributed by atoms with Gasteiger partial charge in [-0.15, -0.1) is 11.3 Å². The molecular weight excluding hydrogens is 288 g/mol. The lowest BCUT2D eigenvalue weighted by atomic mass is 10.1. The molecule has 0 spiro atoms. The summed E-state index contributed by atoms with van der Waals surface area (Å²) in [6, 6.07) is 4.09. The van der Waals surface area contributed by atoms with Crippen LogP contribution in [0, 0.1) is 20.8 Å². The molecule has 1 amide bonds. The zero-order chi connectivity index (χ0) is 15.4. The molecule has 2 rings (SSSR count). The van der Waals surface area contributed by atoms with Crippen molar-refractivity contribution in [2.24, 2.45) is 0 Å². The number of nitrogens with one attached hydrogen (secondary N) is 1. The van der Waals surface area contributed by atoms with Gasteiger partial charge in [-0.25, -0.2) is 0 Å². The quantitative estimate of drug-likeness (QED) is 0.891. The maximum atomic E-state index is 12.0. The lowest BCUT2D eigenvalue weighted by molar-refractivity contribution is -0.121. The average Bonchev–Trinajstić information content (AvgIpc) is 3.00. The summed E-state index contributed by atoms with van der Waals surface area (Å²) in [5, 5.41) is 6.76. The Bertz CT molecular complexity index is 599. The van der Waals surface area contributed by atoms with E-state index in [1.165, 1.54) is 4.88 Å². The monoisotopic (exact) mass is 308 g/mol. The van der Waals surface area contributed by atoms with E-state index in [-0.39, 0.29) is 18.4 Å². The lowest BCUT2D eigenvalue weighted by Gasteiger charge is -2.14. The predicted octanol–water partition coefficient (Wildman–Crippen LogP) is 2.71. The number of amides is 1. The topological polar surface area (TPSA) is 64.4 Å². The second-order valence-electron chi connectivity index (χ2n) is 4.96. The normalized spacial score (nSPS) is 12.4. The average molecular weight is 308 g/mol. The van der Waals surface area contributed by atoms with Gasteiger partial charge < -0.3 is 14.6 Å². The molecule has 0 radical (unpaired) electrons. The number of carbonyl (C=O) groups excluding carboxylic acids is 1. The van der Waals surface area contributed by atoms with Crippen LogP contribution in [0.2, 0.25) is 0 Å². The third kappa shape index (κ3) is 3.92. The Hall–Kier alpha value is -1.66. The number of carbonyl (C=O) groups is 1. The van der Waals surface area contributed by atoms with Crippen molar-refractivity contribution in [1.29, 1.82) is 0 Å². The molecule has 0 aliphatic rings. The number of aromatic nitrogens is 1. The first kappa shape index (κ1) is 15.7. The number of nitrogens with zero attached hydrogens (tertiary/aromatic N) is 1. The van der Waals surface area contributed by atoms with Crippen LogP contribution in [0.4, 0.5) is 0 Å². The molecule has 0 aromatic carbocycles. The third-order valence-electron chi connectivity index (χ3n) is 3.37. The van der Waals surface area contributed by atoms with Crippen molar-refractivity contribution in [3.63, 3.8) is 0 Å². The molecule has 1 atom stereocenters. The summed E-state index contributed by atoms with van der Waals surface area (Å²) in [6.45, 7) is 6.16. The van der Waals surface area contributed by atoms with Gasteiger partial charge in [0.15, 0.2) is 0 Å². The van der Waals surface area contributed by atoms with E-state index in [1.807, 2.05) is 19.9 Å². The first-order valence-electron chi connectivity index (χ1n) is 6.78. The molecule has 1 N–H and O–H groups in total. The zero-order valence-corrected chi connectivity index (χ0v) is 13.5. The molecule has 2 aromatic rings. The van der Waals surface area contributed by atoms with Gasteiger partial charge in [0.2, 0.25) is 5.91 Å². The predicted molar refractivity (Wildman–Crippen MR) is 81.5 cm³/mol. The van der Waals surface area contributed by atoms with Gasteiger partial charge in [0.05, 0.1) is 12.1 Å². The van der Waals surface area contributed by atoms with Crippen molar-refractivity contribution in [3.8, 4) is 0 Å². The minimum Gasteiger partial charge on any atom is -0.374 e. The summed E-state index contributed by atoms with van der Waals surface area (Å²) in [7, 11) is 1.65. The molecule has 0 saturated heterocycles. The Morgan fingerprint density at radius 3 is 2.71 bits per heavy atom. The SMILES string of the molecule is COC(CNC(=O)Cc1c(C)noc1C)c1ccc(C)s1. The van der Waals surface area contributed by atoms with Gasteiger partial charge in [-0.1, -0.05) is 5.16 Å². The first-order valence-corrected chi connectivity index (χ1v) is 7.60. The van der Waals surface area contributed by atoms with Crippen molar-refractivity contribution in [1.82, 2.24) is 10.5 Å². The fourth-order valence-electron chi connectivity index (χ4n) is 2.11. The van der Waals surface area contributed by atoms with Crippen LogP contribution in [0.3, 0.4) is 0 Å². The van der Waals surface area contributed by atoms with Crippen LogP contribution in [-0.4, -0.2) is 24.7 Å². The molecule has 2 aromatic heterocycles. The second-order valence-corrected chi connectivity index (χ2v) is 6.28. The van der Waals surface area contributed by atoms with Crippen LogP contribution in [0.5, 0.6) is 0 Å². The van der Waals surface area contributed by atoms with Crippen LogP contribution in [-0.2, 0) is 16.0 Å². The van der Waals surface area contributed by atoms with Gasteiger partial charge in [0, 0.05) is 29.0 Å². The van der Waals surface area contributed by atoms with E-state index in [9.17, 15) is 4.79 Å². The van der Waals surface area contributed by atoms with E-state index in [0.29, 0.717) is 12.3 Å². The van der Waals surface area contributed by atoms with Crippen LogP contribution < -0.4 is 5.32 Å². The number of methoxy groups -OCH3 is 1. The second kappa shape index (κ2) is 6.87. The number of rotatable bonds is 6. The zero-order valence-electron chi connectivity index (χ0n) is 12.7. The Morgan fingerprint density at radius 2 is 2.19 bits per heavy atom. The van der Waals surface area contributed by atoms with Crippen LogP contribution in [0.25, 0.3) is 0 Å². The van der Waals surface area contributed by atoms with E-state index < -0.39 is 0 Å². The molecule has 0 fully saturated rings. The highest BCUT2D eigenvalue weighted by molar-refractivity contribution is 7.12. The van der Waals surface area contributed by atoms with Crippen LogP contribution in [0.15, 0.2) is 16.7 Å². The highest BCUT2D eigenvalue weighted by Crippen LogP contribution is 2.24. The largest absolute Gasteiger partial charge is 0.374 e. The van der Waals surface area contributed by atoms with Gasteiger partial charge in [-0.05, 0) is 32.9 Å². The summed E-state index contributed by atoms with van der Waals surface area (Å²) < 4.78 is 10.5. The Labute approximate surface area is 128 Å². The molecule has 5 nitrogen and oxygen atoms in total. The smallest absolute Gasteiger partial charge is 0.224 e. The molecule has 0 aliphatic carbocycles. The van der Waals surface area contributed by atoms with Crippen molar-refractivity contribution < 1.29 is 14.1 Å². The summed E-state index contributed by atoms with van der Waals surface area (Å²) in [4.78, 5) is 14.4. The van der Waals surface area contributed by atoms with E-state index in [2.05, 4.69) is 23.5 Å². The Morgan fingerprint density at radius 1 is 1.43 bits per heavy atom. The first-order chi connectivity index (χ1) is 10.0. The Balaban J connectivity index is 1.91. The van der Waals surface area contributed by atoms with Gasteiger partial charge in [0.25, 0.3) is 0 Å². The third-order valence-corrected chi connectivity index (χ3v) is 4.46. The van der Waals surface area contributed by atoms with Crippen LogP contribution in [0.1, 0.15) is 32.9 Å². The summed E-state index contributed by atoms with van der Waals surface area (Å²) in [5.74, 6) is 0.638. The summed E-state index contributed by atoms with van der Waals surface area (Å²) in [6.07, 6.45) is 0.165. The minimum absolute atomic E-state index is 0.0558. The number of thiophene rings is 1. The van der Waals surface area contributed by atoms with Gasteiger partial charge in [0.1, 0.15) is 11.9 Å². The van der Waals surface area contributed by atoms with Crippen molar-refractivity contribution in [2.75, 3.05) is 13.7 Å². The fourth-order valence-corrected chi connectivity index (χ4v) is 3.07. The fraction of sp³-hybridized carbons (Fsp3) is 0.467. The van der Waals surface area contributed by atoms with E-state index in [1.54, 1.807) is 18.4 Å². The van der Waals surface area contributed by atoms with E-state index in [4.69, 9.17) is 9.26 Å². The van der Waals surface area contributed by atoms with E-state index >= 15 is 0 Å². The van der Waals surface area contributed by atoms with Crippen molar-refractivity contribution in [2.45, 2.75) is 33.3 Å². The molecule has 0 bridgehead atoms. The molecule has 0 aliphatic heterocycles. The molecular formula is C15H20N2O3S. The van der Waals surface area contributed by atoms with Gasteiger partial charge >= 0.3 is 0 Å². The number of ether oxygens (including phenoxy) is 1. The molecule has 6 heteroatoms. The maximum absolute atomic E-state index is 12.0. The van der Waals surface area contributed by atoms with Gasteiger partial charge in [-0.2, -0.15) is 0 Å². The molecule has 1 unspecified atom stereocenters. The van der Waals surface area contributed by atoms with Crippen molar-refractivity contribution >= 4 is 17.2 Å². The summed E-state index contributed by atoms with van der Waals surface area (Å²) in [5.41, 5.74) is 1.62. The molecule has 0 saturated carbocycles. The summed E-state index contributed by atoms with van der Waals surface area (Å²) >= 11 is 1.68. The highest BCUT2D eigenvalue weighted by Gasteiger charge is 2.16. The number of aryl methyl sites for hydroxylation is 3. The maximum Gasteiger partial charge on any atom is 0.224 e. The Kier molecular flexibility index (Phi) is 5.14. The van der Waals surface area contributed by atoms with E-state index in [0.717, 1.165) is 16.1 Å². The molecule has 2 heterocycles. The number of hydrogen-bond acceptors (Lipinski definition) is 5.